The highest BCUT2D eigenvalue weighted by molar-refractivity contribution is 5.92. The lowest BCUT2D eigenvalue weighted by Gasteiger charge is -2.17. The zero-order valence-electron chi connectivity index (χ0n) is 15.2. The van der Waals surface area contributed by atoms with Crippen LogP contribution in [0.2, 0.25) is 0 Å². The van der Waals surface area contributed by atoms with E-state index in [0.717, 1.165) is 11.3 Å². The Bertz CT molecular complexity index is 978. The van der Waals surface area contributed by atoms with Gasteiger partial charge in [-0.25, -0.2) is 9.97 Å². The number of nitrogens with one attached hydrogen (secondary N) is 1. The van der Waals surface area contributed by atoms with Gasteiger partial charge in [-0.3, -0.25) is 4.79 Å². The molecule has 1 aromatic heterocycles. The van der Waals surface area contributed by atoms with Gasteiger partial charge in [-0.15, -0.1) is 0 Å². The van der Waals surface area contributed by atoms with Crippen LogP contribution in [-0.2, 0) is 6.54 Å². The van der Waals surface area contributed by atoms with Crippen LogP contribution in [0.25, 0.3) is 0 Å². The summed E-state index contributed by atoms with van der Waals surface area (Å²) in [6.07, 6.45) is 0. The summed E-state index contributed by atoms with van der Waals surface area (Å²) in [6, 6.07) is 20.5. The first-order chi connectivity index (χ1) is 13.0. The topological polar surface area (TPSA) is 81.9 Å². The van der Waals surface area contributed by atoms with Crippen LogP contribution in [0.1, 0.15) is 27.3 Å². The van der Waals surface area contributed by atoms with Crippen LogP contribution >= 0.6 is 0 Å². The van der Waals surface area contributed by atoms with E-state index in [2.05, 4.69) is 21.4 Å². The molecule has 0 unspecified atom stereocenters. The third kappa shape index (κ3) is 4.67. The minimum absolute atomic E-state index is 0.174. The molecular weight excluding hydrogens is 338 g/mol. The monoisotopic (exact) mass is 357 g/mol. The highest BCUT2D eigenvalue weighted by Crippen LogP contribution is 2.16. The Labute approximate surface area is 158 Å². The molecule has 3 aromatic rings. The molecule has 1 N–H and O–H groups in total. The van der Waals surface area contributed by atoms with Crippen molar-refractivity contribution in [1.82, 2.24) is 14.9 Å². The Kier molecular flexibility index (Phi) is 5.43. The van der Waals surface area contributed by atoms with Crippen molar-refractivity contribution in [2.75, 3.05) is 12.4 Å². The van der Waals surface area contributed by atoms with Gasteiger partial charge in [0.25, 0.3) is 5.91 Å². The molecule has 0 spiro atoms. The number of carbonyl (C=O) groups is 1. The smallest absolute Gasteiger partial charge is 0.272 e. The predicted octanol–water partition coefficient (Wildman–Crippen LogP) is 3.67. The van der Waals surface area contributed by atoms with Crippen molar-refractivity contribution in [3.63, 3.8) is 0 Å². The molecule has 6 nitrogen and oxygen atoms in total. The molecule has 3 rings (SSSR count). The maximum Gasteiger partial charge on any atom is 0.272 e. The van der Waals surface area contributed by atoms with E-state index >= 15 is 0 Å². The molecule has 0 aliphatic heterocycles. The van der Waals surface area contributed by atoms with Gasteiger partial charge in [-0.05, 0) is 42.8 Å². The molecule has 0 saturated heterocycles. The van der Waals surface area contributed by atoms with E-state index in [1.54, 1.807) is 42.3 Å². The molecule has 0 aliphatic rings. The summed E-state index contributed by atoms with van der Waals surface area (Å²) in [4.78, 5) is 23.1. The Morgan fingerprint density at radius 2 is 1.81 bits per heavy atom. The van der Waals surface area contributed by atoms with E-state index in [0.29, 0.717) is 29.4 Å². The molecule has 0 bridgehead atoms. The molecule has 2 aromatic carbocycles. The van der Waals surface area contributed by atoms with Crippen LogP contribution in [0, 0.1) is 18.3 Å². The third-order valence-electron chi connectivity index (χ3n) is 3.95. The Balaban J connectivity index is 1.77. The summed E-state index contributed by atoms with van der Waals surface area (Å²) in [7, 11) is 1.75. The maximum absolute atomic E-state index is 12.8. The second-order valence-electron chi connectivity index (χ2n) is 6.18. The number of anilines is 2. The number of hydrogen-bond acceptors (Lipinski definition) is 5. The Morgan fingerprint density at radius 1 is 1.11 bits per heavy atom. The fourth-order valence-electron chi connectivity index (χ4n) is 2.62. The summed E-state index contributed by atoms with van der Waals surface area (Å²) in [5.41, 5.74) is 3.39. The number of aromatic nitrogens is 2. The second-order valence-corrected chi connectivity index (χ2v) is 6.18. The van der Waals surface area contributed by atoms with Gasteiger partial charge in [0.05, 0.1) is 11.6 Å². The number of nitriles is 1. The molecule has 0 saturated carbocycles. The third-order valence-corrected chi connectivity index (χ3v) is 3.95. The van der Waals surface area contributed by atoms with Crippen LogP contribution in [0.15, 0.2) is 60.7 Å². The van der Waals surface area contributed by atoms with Crippen molar-refractivity contribution in [3.8, 4) is 6.07 Å². The first kappa shape index (κ1) is 18.1. The van der Waals surface area contributed by atoms with Crippen LogP contribution in [0.3, 0.4) is 0 Å². The summed E-state index contributed by atoms with van der Waals surface area (Å²) in [5, 5.41) is 12.0. The number of nitrogens with zero attached hydrogens (tertiary/aromatic N) is 4. The van der Waals surface area contributed by atoms with Crippen LogP contribution in [-0.4, -0.2) is 27.8 Å². The lowest BCUT2D eigenvalue weighted by Crippen LogP contribution is -2.27. The molecule has 0 aliphatic carbocycles. The zero-order valence-corrected chi connectivity index (χ0v) is 15.2. The largest absolute Gasteiger partial charge is 0.336 e. The van der Waals surface area contributed by atoms with Crippen LogP contribution < -0.4 is 5.32 Å². The zero-order chi connectivity index (χ0) is 19.2. The van der Waals surface area contributed by atoms with Crippen molar-refractivity contribution >= 4 is 17.5 Å². The molecule has 27 heavy (non-hydrogen) atoms. The number of amides is 1. The van der Waals surface area contributed by atoms with Crippen molar-refractivity contribution in [2.24, 2.45) is 0 Å². The molecule has 0 atom stereocenters. The van der Waals surface area contributed by atoms with Gasteiger partial charge in [0.15, 0.2) is 0 Å². The van der Waals surface area contributed by atoms with Crippen molar-refractivity contribution < 1.29 is 4.79 Å². The normalized spacial score (nSPS) is 10.1. The van der Waals surface area contributed by atoms with Gasteiger partial charge in [-0.2, -0.15) is 5.26 Å². The average molecular weight is 357 g/mol. The maximum atomic E-state index is 12.8. The summed E-state index contributed by atoms with van der Waals surface area (Å²) >= 11 is 0. The van der Waals surface area contributed by atoms with Gasteiger partial charge >= 0.3 is 0 Å². The van der Waals surface area contributed by atoms with Crippen molar-refractivity contribution in [2.45, 2.75) is 13.5 Å². The summed E-state index contributed by atoms with van der Waals surface area (Å²) in [5.74, 6) is 0.170. The lowest BCUT2D eigenvalue weighted by molar-refractivity contribution is 0.0779. The fraction of sp³-hybridized carbons (Fsp3) is 0.143. The molecule has 0 fully saturated rings. The Morgan fingerprint density at radius 3 is 2.48 bits per heavy atom. The Hall–Kier alpha value is -3.72. The lowest BCUT2D eigenvalue weighted by atomic mass is 10.2. The summed E-state index contributed by atoms with van der Waals surface area (Å²) < 4.78 is 0. The van der Waals surface area contributed by atoms with Crippen LogP contribution in [0.4, 0.5) is 11.6 Å². The summed E-state index contributed by atoms with van der Waals surface area (Å²) in [6.45, 7) is 2.32. The standard InChI is InChI=1S/C21H19N5O/c1-15-12-19(20(27)26(2)14-17-6-4-3-5-7-17)25-21(23-15)24-18-10-8-16(13-22)9-11-18/h3-12H,14H2,1-2H3,(H,23,24,25). The molecule has 134 valence electrons. The number of benzene rings is 2. The van der Waals surface area contributed by atoms with Gasteiger partial charge in [0, 0.05) is 25.0 Å². The molecule has 6 heteroatoms. The molecule has 1 heterocycles. The van der Waals surface area contributed by atoms with Crippen molar-refractivity contribution in [1.29, 1.82) is 5.26 Å². The van der Waals surface area contributed by atoms with E-state index in [4.69, 9.17) is 5.26 Å². The van der Waals surface area contributed by atoms with E-state index in [9.17, 15) is 4.79 Å². The van der Waals surface area contributed by atoms with Gasteiger partial charge in [0.2, 0.25) is 5.95 Å². The van der Waals surface area contributed by atoms with Gasteiger partial charge < -0.3 is 10.2 Å². The average Bonchev–Trinajstić information content (AvgIpc) is 2.68. The molecule has 0 radical (unpaired) electrons. The SMILES string of the molecule is Cc1cc(C(=O)N(C)Cc2ccccc2)nc(Nc2ccc(C#N)cc2)n1. The highest BCUT2D eigenvalue weighted by atomic mass is 16.2. The van der Waals surface area contributed by atoms with E-state index < -0.39 is 0 Å². The van der Waals surface area contributed by atoms with E-state index in [1.807, 2.05) is 37.3 Å². The molecule has 1 amide bonds. The number of rotatable bonds is 5. The number of hydrogen-bond donors (Lipinski definition) is 1. The quantitative estimate of drug-likeness (QED) is 0.753. The number of carbonyl (C=O) groups excluding carboxylic acids is 1. The number of aryl methyl sites for hydroxylation is 1. The van der Waals surface area contributed by atoms with Gasteiger partial charge in [0.1, 0.15) is 5.69 Å². The first-order valence-electron chi connectivity index (χ1n) is 8.47. The molecular formula is C21H19N5O. The van der Waals surface area contributed by atoms with E-state index in [-0.39, 0.29) is 5.91 Å². The second kappa shape index (κ2) is 8.11. The van der Waals surface area contributed by atoms with E-state index in [1.165, 1.54) is 0 Å². The minimum atomic E-state index is -0.174. The first-order valence-corrected chi connectivity index (χ1v) is 8.47. The predicted molar refractivity (Wildman–Crippen MR) is 103 cm³/mol. The fourth-order valence-corrected chi connectivity index (χ4v) is 2.62. The van der Waals surface area contributed by atoms with Crippen LogP contribution in [0.5, 0.6) is 0 Å². The minimum Gasteiger partial charge on any atom is -0.336 e. The highest BCUT2D eigenvalue weighted by Gasteiger charge is 2.15. The van der Waals surface area contributed by atoms with Gasteiger partial charge in [-0.1, -0.05) is 30.3 Å². The van der Waals surface area contributed by atoms with Crippen molar-refractivity contribution in [3.05, 3.63) is 83.2 Å².